The Kier molecular flexibility index (Phi) is 6.05. The van der Waals surface area contributed by atoms with Crippen LogP contribution in [0.25, 0.3) is 0 Å². The number of benzene rings is 1. The number of likely N-dealkylation sites (tertiary alicyclic amines) is 2. The van der Waals surface area contributed by atoms with Gasteiger partial charge in [0.25, 0.3) is 0 Å². The third kappa shape index (κ3) is 4.80. The minimum absolute atomic E-state index is 0.0362. The number of rotatable bonds is 6. The fraction of sp³-hybridized carbons (Fsp3) is 0.619. The van der Waals surface area contributed by atoms with E-state index in [1.165, 1.54) is 5.56 Å². The Bertz CT molecular complexity index is 654. The average Bonchev–Trinajstić information content (AvgIpc) is 2.62. The molecular weight excluding hydrogens is 342 g/mol. The van der Waals surface area contributed by atoms with Crippen LogP contribution >= 0.6 is 0 Å². The summed E-state index contributed by atoms with van der Waals surface area (Å²) in [5.41, 5.74) is 1.47. The predicted octanol–water partition coefficient (Wildman–Crippen LogP) is 2.79. The maximum Gasteiger partial charge on any atom is 0.317 e. The Labute approximate surface area is 161 Å². The van der Waals surface area contributed by atoms with E-state index in [1.807, 2.05) is 11.0 Å². The normalized spacial score (nSPS) is 22.9. The third-order valence-electron chi connectivity index (χ3n) is 5.92. The van der Waals surface area contributed by atoms with Gasteiger partial charge >= 0.3 is 12.0 Å². The van der Waals surface area contributed by atoms with Gasteiger partial charge in [0.2, 0.25) is 0 Å². The van der Waals surface area contributed by atoms with Gasteiger partial charge in [-0.2, -0.15) is 0 Å². The number of carbonyl (C=O) groups is 2. The molecule has 0 aromatic heterocycles. The van der Waals surface area contributed by atoms with Crippen LogP contribution in [0.15, 0.2) is 30.3 Å². The van der Waals surface area contributed by atoms with Crippen LogP contribution in [0.2, 0.25) is 0 Å². The Morgan fingerprint density at radius 3 is 2.44 bits per heavy atom. The lowest BCUT2D eigenvalue weighted by molar-refractivity contribution is -0.136. The van der Waals surface area contributed by atoms with Crippen LogP contribution in [-0.4, -0.2) is 59.1 Å². The van der Waals surface area contributed by atoms with E-state index < -0.39 is 5.97 Å². The number of piperidine rings is 1. The maximum atomic E-state index is 12.5. The highest BCUT2D eigenvalue weighted by molar-refractivity contribution is 5.76. The van der Waals surface area contributed by atoms with Crippen LogP contribution in [0.1, 0.15) is 38.7 Å². The van der Waals surface area contributed by atoms with Gasteiger partial charge in [-0.05, 0) is 37.4 Å². The zero-order valence-electron chi connectivity index (χ0n) is 16.4. The van der Waals surface area contributed by atoms with Crippen molar-refractivity contribution in [3.63, 3.8) is 0 Å². The summed E-state index contributed by atoms with van der Waals surface area (Å²) in [7, 11) is 0. The van der Waals surface area contributed by atoms with Gasteiger partial charge in [-0.3, -0.25) is 9.69 Å². The van der Waals surface area contributed by atoms with E-state index in [1.54, 1.807) is 0 Å². The molecule has 6 heteroatoms. The van der Waals surface area contributed by atoms with Gasteiger partial charge in [0, 0.05) is 31.1 Å². The quantitative estimate of drug-likeness (QED) is 0.804. The second-order valence-electron chi connectivity index (χ2n) is 8.54. The number of hydrogen-bond donors (Lipinski definition) is 2. The summed E-state index contributed by atoms with van der Waals surface area (Å²) in [5.74, 6) is -0.382. The number of carboxylic acids is 1. The number of carbonyl (C=O) groups excluding carboxylic acids is 1. The monoisotopic (exact) mass is 373 g/mol. The molecule has 0 spiro atoms. The molecule has 0 saturated carbocycles. The molecule has 0 bridgehead atoms. The van der Waals surface area contributed by atoms with E-state index in [0.29, 0.717) is 5.92 Å². The molecule has 1 aromatic rings. The van der Waals surface area contributed by atoms with Crippen LogP contribution < -0.4 is 5.32 Å². The van der Waals surface area contributed by atoms with Crippen LogP contribution in [0.5, 0.6) is 0 Å². The summed E-state index contributed by atoms with van der Waals surface area (Å²) < 4.78 is 0. The third-order valence-corrected chi connectivity index (χ3v) is 5.92. The van der Waals surface area contributed by atoms with Crippen LogP contribution in [0.4, 0.5) is 4.79 Å². The lowest BCUT2D eigenvalue weighted by atomic mass is 9.67. The van der Waals surface area contributed by atoms with Crippen molar-refractivity contribution in [2.75, 3.05) is 26.2 Å². The van der Waals surface area contributed by atoms with Crippen molar-refractivity contribution in [2.24, 2.45) is 11.3 Å². The zero-order chi connectivity index (χ0) is 19.4. The fourth-order valence-corrected chi connectivity index (χ4v) is 4.68. The van der Waals surface area contributed by atoms with E-state index in [9.17, 15) is 9.59 Å². The molecule has 6 nitrogen and oxygen atoms in total. The van der Waals surface area contributed by atoms with E-state index >= 15 is 0 Å². The van der Waals surface area contributed by atoms with Crippen LogP contribution in [0.3, 0.4) is 0 Å². The summed E-state index contributed by atoms with van der Waals surface area (Å²) in [6.45, 7) is 8.49. The van der Waals surface area contributed by atoms with Crippen molar-refractivity contribution in [1.82, 2.24) is 15.1 Å². The van der Waals surface area contributed by atoms with Gasteiger partial charge in [0.1, 0.15) is 0 Å². The molecule has 27 heavy (non-hydrogen) atoms. The van der Waals surface area contributed by atoms with Crippen LogP contribution in [-0.2, 0) is 11.3 Å². The van der Waals surface area contributed by atoms with Gasteiger partial charge < -0.3 is 15.3 Å². The largest absolute Gasteiger partial charge is 0.481 e. The lowest BCUT2D eigenvalue weighted by Gasteiger charge is -2.58. The summed E-state index contributed by atoms with van der Waals surface area (Å²) in [5, 5.41) is 11.5. The Balaban J connectivity index is 1.52. The van der Waals surface area contributed by atoms with E-state index in [0.717, 1.165) is 39.0 Å². The predicted molar refractivity (Wildman–Crippen MR) is 104 cm³/mol. The molecular formula is C21H31N3O3. The van der Waals surface area contributed by atoms with E-state index in [4.69, 9.17) is 5.11 Å². The van der Waals surface area contributed by atoms with Gasteiger partial charge in [-0.25, -0.2) is 4.79 Å². The number of nitrogens with zero attached hydrogens (tertiary/aromatic N) is 2. The smallest absolute Gasteiger partial charge is 0.317 e. The standard InChI is InChI=1S/C21H31N3O3/c1-21(2)15-24(20(27)22-11-8-18(25)26)19(21)17-9-12-23(13-10-17)14-16-6-4-3-5-7-16/h3-7,17,19H,8-15H2,1-2H3,(H,22,27)(H,25,26). The van der Waals surface area contributed by atoms with Gasteiger partial charge in [-0.15, -0.1) is 0 Å². The molecule has 2 N–H and O–H groups in total. The van der Waals surface area contributed by atoms with Gasteiger partial charge in [0.15, 0.2) is 0 Å². The minimum atomic E-state index is -0.887. The number of urea groups is 1. The average molecular weight is 373 g/mol. The molecule has 2 fully saturated rings. The highest BCUT2D eigenvalue weighted by Crippen LogP contribution is 2.44. The zero-order valence-corrected chi connectivity index (χ0v) is 16.4. The lowest BCUT2D eigenvalue weighted by Crippen LogP contribution is -2.69. The Morgan fingerprint density at radius 1 is 1.19 bits per heavy atom. The SMILES string of the molecule is CC1(C)CN(C(=O)NCCC(=O)O)C1C1CCN(Cc2ccccc2)CC1. The second-order valence-corrected chi connectivity index (χ2v) is 8.54. The molecule has 3 rings (SSSR count). The minimum Gasteiger partial charge on any atom is -0.481 e. The highest BCUT2D eigenvalue weighted by atomic mass is 16.4. The van der Waals surface area contributed by atoms with E-state index in [-0.39, 0.29) is 30.5 Å². The highest BCUT2D eigenvalue weighted by Gasteiger charge is 2.51. The summed E-state index contributed by atoms with van der Waals surface area (Å²) in [6.07, 6.45) is 2.16. The second kappa shape index (κ2) is 8.30. The van der Waals surface area contributed by atoms with Crippen molar-refractivity contribution in [1.29, 1.82) is 0 Å². The van der Waals surface area contributed by atoms with Gasteiger partial charge in [-0.1, -0.05) is 44.2 Å². The summed E-state index contributed by atoms with van der Waals surface area (Å²) >= 11 is 0. The Morgan fingerprint density at radius 2 is 1.85 bits per heavy atom. The fourth-order valence-electron chi connectivity index (χ4n) is 4.68. The van der Waals surface area contributed by atoms with Crippen molar-refractivity contribution >= 4 is 12.0 Å². The summed E-state index contributed by atoms with van der Waals surface area (Å²) in [6, 6.07) is 10.7. The van der Waals surface area contributed by atoms with Crippen molar-refractivity contribution in [3.8, 4) is 0 Å². The van der Waals surface area contributed by atoms with Crippen molar-refractivity contribution in [2.45, 2.75) is 45.7 Å². The van der Waals surface area contributed by atoms with Gasteiger partial charge in [0.05, 0.1) is 6.42 Å². The van der Waals surface area contributed by atoms with E-state index in [2.05, 4.69) is 48.3 Å². The molecule has 2 amide bonds. The van der Waals surface area contributed by atoms with Crippen molar-refractivity contribution < 1.29 is 14.7 Å². The molecule has 1 atom stereocenters. The first-order chi connectivity index (χ1) is 12.9. The first-order valence-electron chi connectivity index (χ1n) is 9.89. The number of amides is 2. The molecule has 148 valence electrons. The topological polar surface area (TPSA) is 72.9 Å². The maximum absolute atomic E-state index is 12.5. The Hall–Kier alpha value is -2.08. The molecule has 0 aliphatic carbocycles. The molecule has 2 saturated heterocycles. The molecule has 1 unspecified atom stereocenters. The molecule has 2 aliphatic heterocycles. The first-order valence-corrected chi connectivity index (χ1v) is 9.89. The first kappa shape index (κ1) is 19.7. The molecule has 2 aliphatic rings. The number of aliphatic carboxylic acids is 1. The molecule has 1 aromatic carbocycles. The molecule has 0 radical (unpaired) electrons. The summed E-state index contributed by atoms with van der Waals surface area (Å²) in [4.78, 5) is 27.5. The number of nitrogens with one attached hydrogen (secondary N) is 1. The van der Waals surface area contributed by atoms with Crippen molar-refractivity contribution in [3.05, 3.63) is 35.9 Å². The van der Waals surface area contributed by atoms with Crippen LogP contribution in [0, 0.1) is 11.3 Å². The number of carboxylic acid groups (broad SMARTS) is 1. The molecule has 2 heterocycles. The number of hydrogen-bond acceptors (Lipinski definition) is 3.